The van der Waals surface area contributed by atoms with E-state index < -0.39 is 24.4 Å². The molecule has 0 radical (unpaired) electrons. The first-order chi connectivity index (χ1) is 9.93. The summed E-state index contributed by atoms with van der Waals surface area (Å²) >= 11 is 0. The van der Waals surface area contributed by atoms with Gasteiger partial charge in [0.1, 0.15) is 5.75 Å². The molecule has 0 bridgehead atoms. The fourth-order valence-corrected chi connectivity index (χ4v) is 1.72. The van der Waals surface area contributed by atoms with E-state index in [9.17, 15) is 22.7 Å². The number of halogens is 5. The summed E-state index contributed by atoms with van der Waals surface area (Å²) in [6, 6.07) is 4.74. The SMILES string of the molecule is CC(C)(C)[C@@H](N)C[C@H](O)c1cccc(OC(F)(F)C(F)F)c1.Cl. The van der Waals surface area contributed by atoms with Crippen molar-refractivity contribution in [1.29, 1.82) is 0 Å². The molecule has 0 heterocycles. The highest BCUT2D eigenvalue weighted by Crippen LogP contribution is 2.31. The van der Waals surface area contributed by atoms with Gasteiger partial charge < -0.3 is 15.6 Å². The van der Waals surface area contributed by atoms with Crippen molar-refractivity contribution in [2.75, 3.05) is 0 Å². The van der Waals surface area contributed by atoms with Crippen LogP contribution < -0.4 is 10.5 Å². The van der Waals surface area contributed by atoms with Crippen molar-refractivity contribution >= 4 is 12.4 Å². The Hall–Kier alpha value is -1.05. The van der Waals surface area contributed by atoms with Crippen molar-refractivity contribution in [3.63, 3.8) is 0 Å². The summed E-state index contributed by atoms with van der Waals surface area (Å²) < 4.78 is 54.0. The van der Waals surface area contributed by atoms with Crippen LogP contribution in [0.4, 0.5) is 17.6 Å². The smallest absolute Gasteiger partial charge is 0.428 e. The summed E-state index contributed by atoms with van der Waals surface area (Å²) in [4.78, 5) is 0. The second-order valence-corrected chi connectivity index (χ2v) is 6.26. The highest BCUT2D eigenvalue weighted by Gasteiger charge is 2.44. The molecule has 0 unspecified atom stereocenters. The van der Waals surface area contributed by atoms with Crippen LogP contribution in [0.5, 0.6) is 5.75 Å². The van der Waals surface area contributed by atoms with Crippen molar-refractivity contribution in [2.24, 2.45) is 11.1 Å². The number of hydrogen-bond acceptors (Lipinski definition) is 3. The Kier molecular flexibility index (Phi) is 7.80. The molecule has 0 aliphatic rings. The zero-order valence-corrected chi connectivity index (χ0v) is 13.9. The van der Waals surface area contributed by atoms with Crippen LogP contribution in [-0.4, -0.2) is 23.7 Å². The minimum absolute atomic E-state index is 0. The topological polar surface area (TPSA) is 55.5 Å². The molecule has 0 saturated heterocycles. The van der Waals surface area contributed by atoms with E-state index in [4.69, 9.17) is 5.73 Å². The van der Waals surface area contributed by atoms with E-state index >= 15 is 0 Å². The molecule has 23 heavy (non-hydrogen) atoms. The molecule has 0 amide bonds. The Bertz CT molecular complexity index is 495. The Morgan fingerprint density at radius 3 is 2.26 bits per heavy atom. The van der Waals surface area contributed by atoms with Gasteiger partial charge in [-0.3, -0.25) is 0 Å². The molecular weight excluding hydrogens is 338 g/mol. The molecule has 134 valence electrons. The van der Waals surface area contributed by atoms with Crippen LogP contribution in [0.3, 0.4) is 0 Å². The Balaban J connectivity index is 0.00000484. The predicted octanol–water partition coefficient (Wildman–Crippen LogP) is 4.14. The van der Waals surface area contributed by atoms with Gasteiger partial charge in [-0.15, -0.1) is 12.4 Å². The molecule has 1 rings (SSSR count). The van der Waals surface area contributed by atoms with E-state index in [2.05, 4.69) is 4.74 Å². The van der Waals surface area contributed by atoms with Gasteiger partial charge in [0.05, 0.1) is 6.10 Å². The van der Waals surface area contributed by atoms with Crippen LogP contribution >= 0.6 is 12.4 Å². The molecule has 3 N–H and O–H groups in total. The quantitative estimate of drug-likeness (QED) is 0.750. The van der Waals surface area contributed by atoms with Gasteiger partial charge in [0, 0.05) is 6.04 Å². The molecule has 2 atom stereocenters. The largest absolute Gasteiger partial charge is 0.461 e. The maximum atomic E-state index is 12.9. The number of alkyl halides is 4. The van der Waals surface area contributed by atoms with E-state index in [0.717, 1.165) is 12.1 Å². The van der Waals surface area contributed by atoms with Crippen molar-refractivity contribution in [3.8, 4) is 5.75 Å². The van der Waals surface area contributed by atoms with E-state index in [1.165, 1.54) is 12.1 Å². The second-order valence-electron chi connectivity index (χ2n) is 6.26. The van der Waals surface area contributed by atoms with Gasteiger partial charge in [0.25, 0.3) is 0 Å². The van der Waals surface area contributed by atoms with E-state index in [-0.39, 0.29) is 35.8 Å². The van der Waals surface area contributed by atoms with Crippen LogP contribution in [-0.2, 0) is 0 Å². The number of benzene rings is 1. The summed E-state index contributed by atoms with van der Waals surface area (Å²) in [5, 5.41) is 10.1. The van der Waals surface area contributed by atoms with Crippen molar-refractivity contribution in [2.45, 2.75) is 51.9 Å². The first-order valence-electron chi connectivity index (χ1n) is 6.82. The monoisotopic (exact) mass is 359 g/mol. The lowest BCUT2D eigenvalue weighted by molar-refractivity contribution is -0.253. The molecule has 0 aliphatic heterocycles. The Labute approximate surface area is 139 Å². The number of aliphatic hydroxyl groups is 1. The fourth-order valence-electron chi connectivity index (χ4n) is 1.72. The minimum Gasteiger partial charge on any atom is -0.428 e. The average Bonchev–Trinajstić information content (AvgIpc) is 2.37. The first kappa shape index (κ1) is 21.9. The average molecular weight is 360 g/mol. The molecule has 1 aromatic carbocycles. The minimum atomic E-state index is -4.58. The molecular formula is C15H22ClF4NO2. The third-order valence-corrected chi connectivity index (χ3v) is 3.34. The zero-order valence-electron chi connectivity index (χ0n) is 13.1. The van der Waals surface area contributed by atoms with Crippen LogP contribution in [0.15, 0.2) is 24.3 Å². The van der Waals surface area contributed by atoms with Gasteiger partial charge in [0.2, 0.25) is 0 Å². The normalized spacial score (nSPS) is 15.0. The molecule has 0 fully saturated rings. The molecule has 0 spiro atoms. The first-order valence-corrected chi connectivity index (χ1v) is 6.82. The number of nitrogens with two attached hydrogens (primary N) is 1. The van der Waals surface area contributed by atoms with Crippen LogP contribution in [0, 0.1) is 5.41 Å². The molecule has 0 aromatic heterocycles. The lowest BCUT2D eigenvalue weighted by atomic mass is 9.83. The fraction of sp³-hybridized carbons (Fsp3) is 0.600. The summed E-state index contributed by atoms with van der Waals surface area (Å²) in [5.41, 5.74) is 6.00. The number of rotatable bonds is 6. The molecule has 3 nitrogen and oxygen atoms in total. The highest BCUT2D eigenvalue weighted by molar-refractivity contribution is 5.85. The number of aliphatic hydroxyl groups excluding tert-OH is 1. The molecule has 8 heteroatoms. The van der Waals surface area contributed by atoms with Crippen molar-refractivity contribution in [3.05, 3.63) is 29.8 Å². The Morgan fingerprint density at radius 1 is 1.22 bits per heavy atom. The van der Waals surface area contributed by atoms with Crippen molar-refractivity contribution < 1.29 is 27.4 Å². The van der Waals surface area contributed by atoms with Crippen LogP contribution in [0.1, 0.15) is 38.9 Å². The van der Waals surface area contributed by atoms with Gasteiger partial charge >= 0.3 is 12.5 Å². The van der Waals surface area contributed by atoms with E-state index in [1.807, 2.05) is 20.8 Å². The van der Waals surface area contributed by atoms with Crippen molar-refractivity contribution in [1.82, 2.24) is 0 Å². The lowest BCUT2D eigenvalue weighted by Gasteiger charge is -2.29. The third-order valence-electron chi connectivity index (χ3n) is 3.34. The van der Waals surface area contributed by atoms with Crippen LogP contribution in [0.2, 0.25) is 0 Å². The Morgan fingerprint density at radius 2 is 1.78 bits per heavy atom. The molecule has 0 saturated carbocycles. The standard InChI is InChI=1S/C15H21F4NO2.ClH/c1-14(2,3)12(20)8-11(21)9-5-4-6-10(7-9)22-15(18,19)13(16)17;/h4-7,11-13,21H,8,20H2,1-3H3;1H/t11-,12-;/m0./s1. The van der Waals surface area contributed by atoms with E-state index in [0.29, 0.717) is 0 Å². The summed E-state index contributed by atoms with van der Waals surface area (Å²) in [7, 11) is 0. The van der Waals surface area contributed by atoms with Gasteiger partial charge in [-0.2, -0.15) is 17.6 Å². The lowest BCUT2D eigenvalue weighted by Crippen LogP contribution is -2.36. The van der Waals surface area contributed by atoms with Gasteiger partial charge in [-0.25, -0.2) is 0 Å². The molecule has 0 aliphatic carbocycles. The maximum Gasteiger partial charge on any atom is 0.461 e. The van der Waals surface area contributed by atoms with Crippen LogP contribution in [0.25, 0.3) is 0 Å². The van der Waals surface area contributed by atoms with Gasteiger partial charge in [0.15, 0.2) is 0 Å². The highest BCUT2D eigenvalue weighted by atomic mass is 35.5. The number of hydrogen-bond donors (Lipinski definition) is 2. The zero-order chi connectivity index (χ0) is 17.1. The molecule has 1 aromatic rings. The summed E-state index contributed by atoms with van der Waals surface area (Å²) in [5.74, 6) is -0.439. The van der Waals surface area contributed by atoms with Gasteiger partial charge in [-0.1, -0.05) is 32.9 Å². The predicted molar refractivity (Wildman–Crippen MR) is 82.3 cm³/mol. The van der Waals surface area contributed by atoms with E-state index in [1.54, 1.807) is 0 Å². The second kappa shape index (κ2) is 8.17. The van der Waals surface area contributed by atoms with Gasteiger partial charge in [-0.05, 0) is 29.5 Å². The summed E-state index contributed by atoms with van der Waals surface area (Å²) in [6.45, 7) is 5.73. The maximum absolute atomic E-state index is 12.9. The third kappa shape index (κ3) is 6.53. The summed E-state index contributed by atoms with van der Waals surface area (Å²) in [6.07, 6.45) is -9.31. The number of ether oxygens (including phenoxy) is 1.